The third-order valence-corrected chi connectivity index (χ3v) is 5.49. The molecule has 0 bridgehead atoms. The monoisotopic (exact) mass is 409 g/mol. The van der Waals surface area contributed by atoms with Crippen LogP contribution in [0.4, 0.5) is 5.69 Å². The van der Waals surface area contributed by atoms with Gasteiger partial charge < -0.3 is 20.1 Å². The van der Waals surface area contributed by atoms with E-state index in [1.54, 1.807) is 38.5 Å². The highest BCUT2D eigenvalue weighted by Gasteiger charge is 2.10. The summed E-state index contributed by atoms with van der Waals surface area (Å²) in [5.74, 6) is 0.811. The van der Waals surface area contributed by atoms with Crippen molar-refractivity contribution in [2.45, 2.75) is 17.2 Å². The highest BCUT2D eigenvalue weighted by molar-refractivity contribution is 8.01. The Kier molecular flexibility index (Phi) is 9.09. The number of benzene rings is 1. The summed E-state index contributed by atoms with van der Waals surface area (Å²) >= 11 is 2.78. The van der Waals surface area contributed by atoms with Crippen LogP contribution in [-0.2, 0) is 20.7 Å². The number of methoxy groups -OCH3 is 2. The number of ether oxygens (including phenoxy) is 2. The molecule has 0 unspecified atom stereocenters. The Morgan fingerprint density at radius 2 is 1.96 bits per heavy atom. The van der Waals surface area contributed by atoms with Gasteiger partial charge in [0.15, 0.2) is 4.34 Å². The van der Waals surface area contributed by atoms with Crippen LogP contribution in [0.15, 0.2) is 34.0 Å². The van der Waals surface area contributed by atoms with E-state index in [0.29, 0.717) is 24.5 Å². The molecule has 0 aliphatic heterocycles. The van der Waals surface area contributed by atoms with Crippen molar-refractivity contribution in [2.75, 3.05) is 38.4 Å². The van der Waals surface area contributed by atoms with Gasteiger partial charge in [-0.2, -0.15) is 0 Å². The Balaban J connectivity index is 1.71. The molecule has 27 heavy (non-hydrogen) atoms. The van der Waals surface area contributed by atoms with Crippen LogP contribution >= 0.6 is 23.1 Å². The molecule has 2 aromatic rings. The molecule has 2 N–H and O–H groups in total. The first-order valence-electron chi connectivity index (χ1n) is 8.37. The molecule has 0 atom stereocenters. The van der Waals surface area contributed by atoms with Gasteiger partial charge >= 0.3 is 0 Å². The molecule has 0 saturated carbocycles. The van der Waals surface area contributed by atoms with Crippen molar-refractivity contribution in [1.82, 2.24) is 10.3 Å². The number of hydrogen-bond donors (Lipinski definition) is 2. The lowest BCUT2D eigenvalue weighted by molar-refractivity contribution is -0.120. The topological polar surface area (TPSA) is 89.5 Å². The van der Waals surface area contributed by atoms with Crippen LogP contribution in [0.2, 0.25) is 0 Å². The van der Waals surface area contributed by atoms with Gasteiger partial charge in [0.25, 0.3) is 0 Å². The highest BCUT2D eigenvalue weighted by Crippen LogP contribution is 2.23. The zero-order valence-electron chi connectivity index (χ0n) is 15.3. The van der Waals surface area contributed by atoms with Gasteiger partial charge in [-0.05, 0) is 30.7 Å². The smallest absolute Gasteiger partial charge is 0.234 e. The van der Waals surface area contributed by atoms with Crippen molar-refractivity contribution in [2.24, 2.45) is 0 Å². The molecule has 7 nitrogen and oxygen atoms in total. The standard InChI is InChI=1S/C18H23N3O4S2/c1-24-9-3-8-19-16(22)10-14-11-26-18(21-14)27-12-17(23)20-13-4-6-15(25-2)7-5-13/h4-7,11H,3,8-10,12H2,1-2H3,(H,19,22)(H,20,23). The van der Waals surface area contributed by atoms with Gasteiger partial charge in [-0.25, -0.2) is 4.98 Å². The quantitative estimate of drug-likeness (QED) is 0.438. The summed E-state index contributed by atoms with van der Waals surface area (Å²) in [7, 11) is 3.23. The molecule has 1 aromatic carbocycles. The minimum atomic E-state index is -0.113. The van der Waals surface area contributed by atoms with E-state index in [-0.39, 0.29) is 24.0 Å². The van der Waals surface area contributed by atoms with Crippen LogP contribution in [0, 0.1) is 0 Å². The first-order chi connectivity index (χ1) is 13.1. The number of nitrogens with zero attached hydrogens (tertiary/aromatic N) is 1. The molecule has 0 radical (unpaired) electrons. The molecule has 0 spiro atoms. The average molecular weight is 410 g/mol. The van der Waals surface area contributed by atoms with Crippen LogP contribution in [0.5, 0.6) is 5.75 Å². The minimum Gasteiger partial charge on any atom is -0.497 e. The van der Waals surface area contributed by atoms with E-state index in [1.165, 1.54) is 23.1 Å². The number of carbonyl (C=O) groups excluding carboxylic acids is 2. The maximum absolute atomic E-state index is 12.0. The molecule has 2 amide bonds. The number of amides is 2. The number of thiazole rings is 1. The Hall–Kier alpha value is -2.10. The van der Waals surface area contributed by atoms with Gasteiger partial charge in [0.1, 0.15) is 5.75 Å². The Morgan fingerprint density at radius 1 is 1.19 bits per heavy atom. The molecule has 1 heterocycles. The molecule has 0 saturated heterocycles. The first kappa shape index (κ1) is 21.2. The van der Waals surface area contributed by atoms with Gasteiger partial charge in [0, 0.05) is 31.3 Å². The van der Waals surface area contributed by atoms with Crippen molar-refractivity contribution >= 4 is 40.6 Å². The zero-order chi connectivity index (χ0) is 19.5. The Morgan fingerprint density at radius 3 is 2.67 bits per heavy atom. The second-order valence-electron chi connectivity index (χ2n) is 5.54. The van der Waals surface area contributed by atoms with E-state index in [9.17, 15) is 9.59 Å². The van der Waals surface area contributed by atoms with E-state index in [0.717, 1.165) is 16.5 Å². The van der Waals surface area contributed by atoms with Crippen molar-refractivity contribution in [1.29, 1.82) is 0 Å². The van der Waals surface area contributed by atoms with Gasteiger partial charge in [0.2, 0.25) is 11.8 Å². The summed E-state index contributed by atoms with van der Waals surface area (Å²) in [6, 6.07) is 7.15. The molecular weight excluding hydrogens is 386 g/mol. The molecule has 1 aromatic heterocycles. The summed E-state index contributed by atoms with van der Waals surface area (Å²) in [5.41, 5.74) is 1.42. The van der Waals surface area contributed by atoms with Crippen LogP contribution in [0.25, 0.3) is 0 Å². The lowest BCUT2D eigenvalue weighted by Crippen LogP contribution is -2.26. The van der Waals surface area contributed by atoms with Crippen LogP contribution in [0.1, 0.15) is 12.1 Å². The molecular formula is C18H23N3O4S2. The van der Waals surface area contributed by atoms with Gasteiger partial charge in [0.05, 0.1) is 25.0 Å². The number of aromatic nitrogens is 1. The maximum Gasteiger partial charge on any atom is 0.234 e. The van der Waals surface area contributed by atoms with E-state index in [2.05, 4.69) is 15.6 Å². The number of carbonyl (C=O) groups is 2. The van der Waals surface area contributed by atoms with Crippen molar-refractivity contribution < 1.29 is 19.1 Å². The van der Waals surface area contributed by atoms with Crippen LogP contribution in [0.3, 0.4) is 0 Å². The third-order valence-electron chi connectivity index (χ3n) is 3.42. The fourth-order valence-electron chi connectivity index (χ4n) is 2.11. The highest BCUT2D eigenvalue weighted by atomic mass is 32.2. The largest absolute Gasteiger partial charge is 0.497 e. The predicted octanol–water partition coefficient (Wildman–Crippen LogP) is 2.58. The number of thioether (sulfide) groups is 1. The average Bonchev–Trinajstić information content (AvgIpc) is 3.11. The second-order valence-corrected chi connectivity index (χ2v) is 7.62. The third kappa shape index (κ3) is 7.98. The lowest BCUT2D eigenvalue weighted by Gasteiger charge is -2.05. The van der Waals surface area contributed by atoms with Crippen molar-refractivity contribution in [3.63, 3.8) is 0 Å². The fraction of sp³-hybridized carbons (Fsp3) is 0.389. The zero-order valence-corrected chi connectivity index (χ0v) is 17.0. The predicted molar refractivity (Wildman–Crippen MR) is 108 cm³/mol. The van der Waals surface area contributed by atoms with Crippen LogP contribution < -0.4 is 15.4 Å². The number of nitrogens with one attached hydrogen (secondary N) is 2. The summed E-state index contributed by atoms with van der Waals surface area (Å²) in [4.78, 5) is 28.3. The normalized spacial score (nSPS) is 10.4. The number of hydrogen-bond acceptors (Lipinski definition) is 7. The Labute approximate surface area is 166 Å². The van der Waals surface area contributed by atoms with E-state index < -0.39 is 0 Å². The summed E-state index contributed by atoms with van der Waals surface area (Å²) < 4.78 is 10.8. The SMILES string of the molecule is COCCCNC(=O)Cc1csc(SCC(=O)Nc2ccc(OC)cc2)n1. The molecule has 0 aliphatic carbocycles. The van der Waals surface area contributed by atoms with Gasteiger partial charge in [-0.3, -0.25) is 9.59 Å². The van der Waals surface area contributed by atoms with Gasteiger partial charge in [-0.1, -0.05) is 11.8 Å². The van der Waals surface area contributed by atoms with Crippen molar-refractivity contribution in [3.05, 3.63) is 35.3 Å². The van der Waals surface area contributed by atoms with E-state index >= 15 is 0 Å². The number of anilines is 1. The van der Waals surface area contributed by atoms with E-state index in [1.807, 2.05) is 5.38 Å². The summed E-state index contributed by atoms with van der Waals surface area (Å²) in [6.45, 7) is 1.21. The minimum absolute atomic E-state index is 0.0646. The summed E-state index contributed by atoms with van der Waals surface area (Å²) in [5, 5.41) is 7.50. The molecule has 9 heteroatoms. The summed E-state index contributed by atoms with van der Waals surface area (Å²) in [6.07, 6.45) is 1.02. The Bertz CT molecular complexity index is 734. The fourth-order valence-corrected chi connectivity index (χ4v) is 3.75. The molecule has 0 fully saturated rings. The number of rotatable bonds is 11. The van der Waals surface area contributed by atoms with Crippen molar-refractivity contribution in [3.8, 4) is 5.75 Å². The first-order valence-corrected chi connectivity index (χ1v) is 10.2. The molecule has 146 valence electrons. The second kappa shape index (κ2) is 11.6. The van der Waals surface area contributed by atoms with E-state index in [4.69, 9.17) is 9.47 Å². The maximum atomic E-state index is 12.0. The molecule has 2 rings (SSSR count). The van der Waals surface area contributed by atoms with Crippen LogP contribution in [-0.4, -0.2) is 49.9 Å². The molecule has 0 aliphatic rings. The lowest BCUT2D eigenvalue weighted by atomic mass is 10.3. The van der Waals surface area contributed by atoms with Gasteiger partial charge in [-0.15, -0.1) is 11.3 Å².